The zero-order valence-electron chi connectivity index (χ0n) is 18.9. The summed E-state index contributed by atoms with van der Waals surface area (Å²) in [6.07, 6.45) is -5.05. The minimum Gasteiger partial charge on any atom is -0.362 e. The van der Waals surface area contributed by atoms with Crippen molar-refractivity contribution in [3.8, 4) is 0 Å². The Labute approximate surface area is 217 Å². The largest absolute Gasteiger partial charge is 0.417 e. The normalized spacial score (nSPS) is 22.4. The first-order valence-corrected chi connectivity index (χ1v) is 11.6. The molecule has 2 aromatic rings. The molecular formula is C24H23Cl3F3N3O2. The Morgan fingerprint density at radius 2 is 1.80 bits per heavy atom. The van der Waals surface area contributed by atoms with Gasteiger partial charge in [0, 0.05) is 22.4 Å². The number of ether oxygens (including phenoxy) is 1. The Morgan fingerprint density at radius 3 is 2.40 bits per heavy atom. The Morgan fingerprint density at radius 1 is 1.14 bits per heavy atom. The molecule has 1 fully saturated rings. The summed E-state index contributed by atoms with van der Waals surface area (Å²) in [6.45, 7) is 5.01. The fourth-order valence-corrected chi connectivity index (χ4v) is 5.46. The summed E-state index contributed by atoms with van der Waals surface area (Å²) in [5.41, 5.74) is 2.00. The summed E-state index contributed by atoms with van der Waals surface area (Å²) in [7, 11) is 0. The number of halogens is 6. The van der Waals surface area contributed by atoms with Crippen LogP contribution in [0.25, 0.3) is 0 Å². The predicted octanol–water partition coefficient (Wildman–Crippen LogP) is 5.79. The van der Waals surface area contributed by atoms with Crippen molar-refractivity contribution < 1.29 is 22.7 Å². The van der Waals surface area contributed by atoms with Crippen LogP contribution in [0.2, 0.25) is 10.0 Å². The number of fused-ring (bicyclic) bond motifs is 2. The molecule has 1 saturated heterocycles. The van der Waals surface area contributed by atoms with Crippen molar-refractivity contribution in [2.24, 2.45) is 11.0 Å². The van der Waals surface area contributed by atoms with E-state index < -0.39 is 23.7 Å². The molecule has 1 spiro atoms. The van der Waals surface area contributed by atoms with Gasteiger partial charge in [0.2, 0.25) is 5.91 Å². The van der Waals surface area contributed by atoms with E-state index in [9.17, 15) is 18.0 Å². The number of hydrogen-bond donors (Lipinski definition) is 1. The van der Waals surface area contributed by atoms with Gasteiger partial charge < -0.3 is 9.64 Å². The van der Waals surface area contributed by atoms with Gasteiger partial charge in [0.25, 0.3) is 0 Å². The molecule has 0 aliphatic carbocycles. The Balaban J connectivity index is 0.00000289. The summed E-state index contributed by atoms with van der Waals surface area (Å²) >= 11 is 12.0. The lowest BCUT2D eigenvalue weighted by Crippen LogP contribution is -2.61. The van der Waals surface area contributed by atoms with E-state index in [1.165, 1.54) is 18.2 Å². The second-order valence-corrected chi connectivity index (χ2v) is 10.3. The molecule has 5 rings (SSSR count). The number of amides is 1. The van der Waals surface area contributed by atoms with Gasteiger partial charge in [0.1, 0.15) is 5.60 Å². The van der Waals surface area contributed by atoms with Crippen LogP contribution in [0.3, 0.4) is 0 Å². The second kappa shape index (κ2) is 8.83. The zero-order chi connectivity index (χ0) is 24.5. The predicted molar refractivity (Wildman–Crippen MR) is 130 cm³/mol. The smallest absolute Gasteiger partial charge is 0.362 e. The first kappa shape index (κ1) is 26.1. The minimum atomic E-state index is -4.64. The summed E-state index contributed by atoms with van der Waals surface area (Å²) < 4.78 is 49.0. The van der Waals surface area contributed by atoms with E-state index in [1.807, 2.05) is 26.0 Å². The van der Waals surface area contributed by atoms with Crippen molar-refractivity contribution in [3.63, 3.8) is 0 Å². The van der Waals surface area contributed by atoms with Gasteiger partial charge in [-0.25, -0.2) is 0 Å². The van der Waals surface area contributed by atoms with Crippen LogP contribution >= 0.6 is 35.6 Å². The third-order valence-corrected chi connectivity index (χ3v) is 7.22. The van der Waals surface area contributed by atoms with Gasteiger partial charge in [-0.2, -0.15) is 18.3 Å². The summed E-state index contributed by atoms with van der Waals surface area (Å²) in [5, 5.41) is 4.31. The monoisotopic (exact) mass is 547 g/mol. The maximum atomic E-state index is 14.3. The Bertz CT molecular complexity index is 1190. The summed E-state index contributed by atoms with van der Waals surface area (Å²) in [6, 6.07) is 9.37. The SMILES string of the molecule is CC(C)C(=O)N1CC2(C1)OCc1cc(C3=NNC(c4cc(Cl)cc(Cl)c4)(C(F)(F)F)C3)ccc12.Cl. The van der Waals surface area contributed by atoms with Crippen LogP contribution in [-0.2, 0) is 27.3 Å². The van der Waals surface area contributed by atoms with Gasteiger partial charge in [-0.3, -0.25) is 10.2 Å². The maximum Gasteiger partial charge on any atom is 0.417 e. The minimum absolute atomic E-state index is 0. The number of hydrazone groups is 1. The average molecular weight is 549 g/mol. The lowest BCUT2D eigenvalue weighted by atomic mass is 9.82. The van der Waals surface area contributed by atoms with Gasteiger partial charge in [0.05, 0.1) is 25.4 Å². The van der Waals surface area contributed by atoms with Crippen molar-refractivity contribution >= 4 is 47.2 Å². The van der Waals surface area contributed by atoms with E-state index >= 15 is 0 Å². The number of nitrogens with one attached hydrogen (secondary N) is 1. The number of benzene rings is 2. The average Bonchev–Trinajstić information content (AvgIpc) is 3.34. The highest BCUT2D eigenvalue weighted by atomic mass is 35.5. The molecule has 1 N–H and O–H groups in total. The van der Waals surface area contributed by atoms with E-state index in [4.69, 9.17) is 27.9 Å². The molecule has 3 aliphatic heterocycles. The molecule has 5 nitrogen and oxygen atoms in total. The van der Waals surface area contributed by atoms with Crippen LogP contribution in [0.5, 0.6) is 0 Å². The van der Waals surface area contributed by atoms with Crippen LogP contribution < -0.4 is 5.43 Å². The highest BCUT2D eigenvalue weighted by molar-refractivity contribution is 6.34. The van der Waals surface area contributed by atoms with Crippen LogP contribution in [-0.4, -0.2) is 35.8 Å². The van der Waals surface area contributed by atoms with E-state index in [1.54, 1.807) is 11.0 Å². The molecule has 11 heteroatoms. The molecule has 0 saturated carbocycles. The Kier molecular flexibility index (Phi) is 6.58. The van der Waals surface area contributed by atoms with Gasteiger partial charge in [-0.05, 0) is 46.5 Å². The number of likely N-dealkylation sites (tertiary alicyclic amines) is 1. The van der Waals surface area contributed by atoms with Crippen molar-refractivity contribution in [2.45, 2.75) is 44.2 Å². The number of carbonyl (C=O) groups is 1. The molecule has 1 amide bonds. The molecule has 3 heterocycles. The molecule has 1 unspecified atom stereocenters. The molecule has 0 bridgehead atoms. The molecule has 0 radical (unpaired) electrons. The second-order valence-electron chi connectivity index (χ2n) is 9.41. The van der Waals surface area contributed by atoms with Gasteiger partial charge in [-0.1, -0.05) is 49.2 Å². The number of alkyl halides is 3. The molecule has 2 aromatic carbocycles. The molecule has 35 heavy (non-hydrogen) atoms. The van der Waals surface area contributed by atoms with E-state index in [0.717, 1.165) is 11.1 Å². The highest BCUT2D eigenvalue weighted by Gasteiger charge is 2.59. The quantitative estimate of drug-likeness (QED) is 0.528. The van der Waals surface area contributed by atoms with Crippen molar-refractivity contribution in [1.82, 2.24) is 10.3 Å². The third-order valence-electron chi connectivity index (χ3n) is 6.79. The topological polar surface area (TPSA) is 53.9 Å². The summed E-state index contributed by atoms with van der Waals surface area (Å²) in [5.74, 6) is -0.00737. The van der Waals surface area contributed by atoms with Crippen molar-refractivity contribution in [1.29, 1.82) is 0 Å². The molecule has 0 aromatic heterocycles. The highest BCUT2D eigenvalue weighted by Crippen LogP contribution is 2.47. The van der Waals surface area contributed by atoms with E-state index in [-0.39, 0.29) is 45.6 Å². The fraction of sp³-hybridized carbons (Fsp3) is 0.417. The van der Waals surface area contributed by atoms with Crippen LogP contribution in [0.1, 0.15) is 42.5 Å². The molecule has 3 aliphatic rings. The lowest BCUT2D eigenvalue weighted by molar-refractivity contribution is -0.196. The first-order valence-electron chi connectivity index (χ1n) is 10.9. The maximum absolute atomic E-state index is 14.3. The Hall–Kier alpha value is -2.00. The van der Waals surface area contributed by atoms with Gasteiger partial charge in [-0.15, -0.1) is 12.4 Å². The number of rotatable bonds is 3. The first-order chi connectivity index (χ1) is 15.9. The molecular weight excluding hydrogens is 526 g/mol. The summed E-state index contributed by atoms with van der Waals surface area (Å²) in [4.78, 5) is 14.0. The molecule has 1 atom stereocenters. The van der Waals surface area contributed by atoms with Crippen molar-refractivity contribution in [3.05, 3.63) is 68.7 Å². The third kappa shape index (κ3) is 4.18. The van der Waals surface area contributed by atoms with Crippen LogP contribution in [0.15, 0.2) is 41.5 Å². The van der Waals surface area contributed by atoms with Gasteiger partial charge >= 0.3 is 6.18 Å². The lowest BCUT2D eigenvalue weighted by Gasteiger charge is -2.48. The zero-order valence-corrected chi connectivity index (χ0v) is 21.2. The number of nitrogens with zero attached hydrogens (tertiary/aromatic N) is 2. The van der Waals surface area contributed by atoms with Gasteiger partial charge in [0.15, 0.2) is 5.54 Å². The standard InChI is InChI=1S/C24H22Cl2F3N3O2.ClH/c1-13(2)21(33)32-11-22(12-32)19-4-3-14(5-15(19)10-34-22)20-9-23(31-30-20,24(27,28)29)16-6-17(25)8-18(26)7-16;/h3-8,13,31H,9-12H2,1-2H3;1H. The van der Waals surface area contributed by atoms with E-state index in [2.05, 4.69) is 10.5 Å². The molecule has 188 valence electrons. The fourth-order valence-electron chi connectivity index (χ4n) is 4.94. The number of hydrogen-bond acceptors (Lipinski definition) is 4. The van der Waals surface area contributed by atoms with E-state index in [0.29, 0.717) is 25.3 Å². The van der Waals surface area contributed by atoms with Crippen LogP contribution in [0, 0.1) is 5.92 Å². The van der Waals surface area contributed by atoms with Crippen LogP contribution in [0.4, 0.5) is 13.2 Å². The van der Waals surface area contributed by atoms with Crippen molar-refractivity contribution in [2.75, 3.05) is 13.1 Å². The number of carbonyl (C=O) groups excluding carboxylic acids is 1.